The van der Waals surface area contributed by atoms with Crippen molar-refractivity contribution in [2.45, 2.75) is 6.04 Å². The van der Waals surface area contributed by atoms with Crippen LogP contribution in [0.25, 0.3) is 0 Å². The fourth-order valence-electron chi connectivity index (χ4n) is 2.97. The molecule has 1 aliphatic rings. The van der Waals surface area contributed by atoms with Crippen molar-refractivity contribution in [1.29, 1.82) is 0 Å². The molecule has 2 aromatic carbocycles. The Kier molecular flexibility index (Phi) is 5.90. The Morgan fingerprint density at radius 3 is 2.25 bits per heavy atom. The SMILES string of the molecule is O=C(NNc1ccc(F)c(F)c1F)C(c1ccccc1)N1CCS(=O)(=O)CC1. The third-order valence-corrected chi connectivity index (χ3v) is 6.07. The van der Waals surface area contributed by atoms with Crippen LogP contribution in [0.5, 0.6) is 0 Å². The smallest absolute Gasteiger partial charge is 0.260 e. The zero-order valence-corrected chi connectivity index (χ0v) is 15.5. The van der Waals surface area contributed by atoms with Crippen LogP contribution in [0, 0.1) is 17.5 Å². The monoisotopic (exact) mass is 413 g/mol. The lowest BCUT2D eigenvalue weighted by molar-refractivity contribution is -0.126. The Balaban J connectivity index is 1.79. The van der Waals surface area contributed by atoms with Gasteiger partial charge in [-0.05, 0) is 17.7 Å². The third-order valence-electron chi connectivity index (χ3n) is 4.46. The topological polar surface area (TPSA) is 78.5 Å². The molecule has 0 aliphatic carbocycles. The Hall–Kier alpha value is -2.59. The number of benzene rings is 2. The highest BCUT2D eigenvalue weighted by atomic mass is 32.2. The number of carbonyl (C=O) groups is 1. The summed E-state index contributed by atoms with van der Waals surface area (Å²) < 4.78 is 63.5. The number of nitrogens with one attached hydrogen (secondary N) is 2. The lowest BCUT2D eigenvalue weighted by Gasteiger charge is -2.33. The van der Waals surface area contributed by atoms with E-state index in [9.17, 15) is 26.4 Å². The number of nitrogens with zero attached hydrogens (tertiary/aromatic N) is 1. The highest BCUT2D eigenvalue weighted by molar-refractivity contribution is 7.91. The van der Waals surface area contributed by atoms with Gasteiger partial charge in [-0.25, -0.2) is 21.6 Å². The largest absolute Gasteiger partial charge is 0.295 e. The van der Waals surface area contributed by atoms with Gasteiger partial charge in [0.25, 0.3) is 5.91 Å². The van der Waals surface area contributed by atoms with Crippen molar-refractivity contribution in [2.24, 2.45) is 0 Å². The van der Waals surface area contributed by atoms with Crippen LogP contribution in [-0.4, -0.2) is 43.8 Å². The maximum Gasteiger partial charge on any atom is 0.260 e. The molecule has 1 aliphatic heterocycles. The minimum Gasteiger partial charge on any atom is -0.295 e. The number of carbonyl (C=O) groups excluding carboxylic acids is 1. The molecule has 6 nitrogen and oxygen atoms in total. The summed E-state index contributed by atoms with van der Waals surface area (Å²) in [4.78, 5) is 14.5. The van der Waals surface area contributed by atoms with Gasteiger partial charge in [0, 0.05) is 13.1 Å². The van der Waals surface area contributed by atoms with E-state index >= 15 is 0 Å². The second kappa shape index (κ2) is 8.19. The molecule has 1 amide bonds. The lowest BCUT2D eigenvalue weighted by Crippen LogP contribution is -2.48. The molecule has 150 valence electrons. The molecule has 1 atom stereocenters. The van der Waals surface area contributed by atoms with Gasteiger partial charge in [0.15, 0.2) is 27.3 Å². The van der Waals surface area contributed by atoms with Gasteiger partial charge in [-0.2, -0.15) is 0 Å². The molecule has 1 fully saturated rings. The van der Waals surface area contributed by atoms with Gasteiger partial charge >= 0.3 is 0 Å². The molecule has 1 heterocycles. The first kappa shape index (κ1) is 20.2. The second-order valence-corrected chi connectivity index (χ2v) is 8.64. The minimum atomic E-state index is -3.14. The second-order valence-electron chi connectivity index (χ2n) is 6.34. The first-order valence-corrected chi connectivity index (χ1v) is 10.3. The van der Waals surface area contributed by atoms with Crippen molar-refractivity contribution in [2.75, 3.05) is 30.0 Å². The van der Waals surface area contributed by atoms with E-state index in [4.69, 9.17) is 0 Å². The minimum absolute atomic E-state index is 0.0746. The van der Waals surface area contributed by atoms with Crippen molar-refractivity contribution in [1.82, 2.24) is 10.3 Å². The molecule has 3 rings (SSSR count). The van der Waals surface area contributed by atoms with Crippen LogP contribution in [0.1, 0.15) is 11.6 Å². The number of hydrogen-bond acceptors (Lipinski definition) is 5. The first-order chi connectivity index (χ1) is 13.3. The van der Waals surface area contributed by atoms with Crippen molar-refractivity contribution in [3.8, 4) is 0 Å². The van der Waals surface area contributed by atoms with Gasteiger partial charge in [-0.15, -0.1) is 0 Å². The van der Waals surface area contributed by atoms with Gasteiger partial charge in [0.1, 0.15) is 6.04 Å². The van der Waals surface area contributed by atoms with E-state index in [1.807, 2.05) is 0 Å². The summed E-state index contributed by atoms with van der Waals surface area (Å²) in [7, 11) is -3.14. The number of sulfone groups is 1. The van der Waals surface area contributed by atoms with E-state index in [1.165, 1.54) is 0 Å². The summed E-state index contributed by atoms with van der Waals surface area (Å²) in [6, 6.07) is 9.52. The van der Waals surface area contributed by atoms with Crippen molar-refractivity contribution < 1.29 is 26.4 Å². The highest BCUT2D eigenvalue weighted by Crippen LogP contribution is 2.24. The fraction of sp³-hybridized carbons (Fsp3) is 0.278. The molecule has 1 unspecified atom stereocenters. The van der Waals surface area contributed by atoms with E-state index in [-0.39, 0.29) is 24.6 Å². The number of hydrazine groups is 1. The van der Waals surface area contributed by atoms with Crippen LogP contribution in [0.15, 0.2) is 42.5 Å². The average Bonchev–Trinajstić information content (AvgIpc) is 2.68. The number of halogens is 3. The Morgan fingerprint density at radius 2 is 1.61 bits per heavy atom. The number of amides is 1. The molecule has 0 radical (unpaired) electrons. The summed E-state index contributed by atoms with van der Waals surface area (Å²) in [5.41, 5.74) is 4.74. The first-order valence-electron chi connectivity index (χ1n) is 8.47. The average molecular weight is 413 g/mol. The maximum atomic E-state index is 13.8. The van der Waals surface area contributed by atoms with Crippen LogP contribution in [0.4, 0.5) is 18.9 Å². The van der Waals surface area contributed by atoms with Crippen LogP contribution < -0.4 is 10.9 Å². The molecule has 0 spiro atoms. The van der Waals surface area contributed by atoms with Crippen molar-refractivity contribution in [3.05, 3.63) is 65.5 Å². The third kappa shape index (κ3) is 4.45. The summed E-state index contributed by atoms with van der Waals surface area (Å²) in [6.45, 7) is 0.323. The normalized spacial score (nSPS) is 17.7. The van der Waals surface area contributed by atoms with Crippen molar-refractivity contribution in [3.63, 3.8) is 0 Å². The van der Waals surface area contributed by atoms with Gasteiger partial charge < -0.3 is 0 Å². The molecule has 2 aromatic rings. The molecule has 0 bridgehead atoms. The predicted octanol–water partition coefficient (Wildman–Crippen LogP) is 2.02. The van der Waals surface area contributed by atoms with Crippen LogP contribution in [0.3, 0.4) is 0 Å². The molecule has 28 heavy (non-hydrogen) atoms. The molecule has 0 saturated carbocycles. The summed E-state index contributed by atoms with van der Waals surface area (Å²) >= 11 is 0. The Labute approximate surface area is 160 Å². The van der Waals surface area contributed by atoms with E-state index in [2.05, 4.69) is 10.9 Å². The Morgan fingerprint density at radius 1 is 0.964 bits per heavy atom. The number of anilines is 1. The van der Waals surface area contributed by atoms with Crippen LogP contribution in [0.2, 0.25) is 0 Å². The summed E-state index contributed by atoms with van der Waals surface area (Å²) in [5.74, 6) is -5.19. The maximum absolute atomic E-state index is 13.8. The highest BCUT2D eigenvalue weighted by Gasteiger charge is 2.32. The molecule has 1 saturated heterocycles. The van der Waals surface area contributed by atoms with E-state index in [1.54, 1.807) is 35.2 Å². The van der Waals surface area contributed by atoms with Gasteiger partial charge in [-0.1, -0.05) is 30.3 Å². The molecule has 10 heteroatoms. The predicted molar refractivity (Wildman–Crippen MR) is 97.5 cm³/mol. The van der Waals surface area contributed by atoms with E-state index in [0.29, 0.717) is 5.56 Å². The molecular formula is C18H18F3N3O3S. The molecule has 0 aromatic heterocycles. The van der Waals surface area contributed by atoms with Gasteiger partial charge in [-0.3, -0.25) is 20.5 Å². The number of rotatable bonds is 5. The Bertz CT molecular complexity index is 957. The summed E-state index contributed by atoms with van der Waals surface area (Å²) in [5, 5.41) is 0. The summed E-state index contributed by atoms with van der Waals surface area (Å²) in [6.07, 6.45) is 0. The number of hydrogen-bond donors (Lipinski definition) is 2. The fourth-order valence-corrected chi connectivity index (χ4v) is 4.20. The van der Waals surface area contributed by atoms with Gasteiger partial charge in [0.05, 0.1) is 17.2 Å². The van der Waals surface area contributed by atoms with E-state index < -0.39 is 44.9 Å². The molecular weight excluding hydrogens is 395 g/mol. The zero-order valence-electron chi connectivity index (χ0n) is 14.7. The van der Waals surface area contributed by atoms with Crippen molar-refractivity contribution >= 4 is 21.4 Å². The zero-order chi connectivity index (χ0) is 20.3. The van der Waals surface area contributed by atoms with Crippen LogP contribution in [-0.2, 0) is 14.6 Å². The molecule has 2 N–H and O–H groups in total. The van der Waals surface area contributed by atoms with Crippen LogP contribution >= 0.6 is 0 Å². The van der Waals surface area contributed by atoms with E-state index in [0.717, 1.165) is 12.1 Å². The quantitative estimate of drug-likeness (QED) is 0.579. The lowest BCUT2D eigenvalue weighted by atomic mass is 10.0. The van der Waals surface area contributed by atoms with Gasteiger partial charge in [0.2, 0.25) is 0 Å². The standard InChI is InChI=1S/C18H18F3N3O3S/c19-13-6-7-14(16(21)15(13)20)22-23-18(25)17(12-4-2-1-3-5-12)24-8-10-28(26,27)11-9-24/h1-7,17,22H,8-11H2,(H,23,25).